The molecule has 2 saturated heterocycles. The second-order valence-electron chi connectivity index (χ2n) is 13.7. The number of rotatable bonds is 8. The zero-order chi connectivity index (χ0) is 33.4. The molecule has 9 nitrogen and oxygen atoms in total. The van der Waals surface area contributed by atoms with Gasteiger partial charge in [-0.25, -0.2) is 9.78 Å². The average molecular weight is 645 g/mol. The highest BCUT2D eigenvalue weighted by Crippen LogP contribution is 2.35. The number of allylic oxidation sites excluding steroid dienone is 1. The number of ether oxygens (including phenoxy) is 1. The number of nitrogens with one attached hydrogen (secondary N) is 2. The number of imidazole rings is 1. The van der Waals surface area contributed by atoms with Crippen LogP contribution in [0.2, 0.25) is 0 Å². The van der Waals surface area contributed by atoms with Crippen LogP contribution in [0.1, 0.15) is 63.4 Å². The van der Waals surface area contributed by atoms with Gasteiger partial charge in [-0.3, -0.25) is 14.7 Å². The van der Waals surface area contributed by atoms with Crippen molar-refractivity contribution >= 4 is 34.1 Å². The largest absolute Gasteiger partial charge is 0.453 e. The maximum absolute atomic E-state index is 13.5. The smallest absolute Gasteiger partial charge is 0.407 e. The van der Waals surface area contributed by atoms with Crippen LogP contribution >= 0.6 is 0 Å². The van der Waals surface area contributed by atoms with Gasteiger partial charge in [-0.05, 0) is 90.4 Å². The van der Waals surface area contributed by atoms with E-state index in [0.717, 1.165) is 48.3 Å². The normalized spacial score (nSPS) is 20.3. The van der Waals surface area contributed by atoms with E-state index < -0.39 is 12.1 Å². The van der Waals surface area contributed by atoms with Crippen molar-refractivity contribution in [2.45, 2.75) is 64.1 Å². The number of aliphatic imine (C=N–C) groups is 1. The number of H-pyrrole nitrogens is 1. The van der Waals surface area contributed by atoms with Crippen LogP contribution in [0.15, 0.2) is 78.1 Å². The molecule has 3 aliphatic heterocycles. The molecule has 0 radical (unpaired) electrons. The lowest BCUT2D eigenvalue weighted by Crippen LogP contribution is -2.51. The fourth-order valence-electron chi connectivity index (χ4n) is 7.47. The predicted molar refractivity (Wildman–Crippen MR) is 191 cm³/mol. The first-order chi connectivity index (χ1) is 23.3. The third kappa shape index (κ3) is 6.27. The summed E-state index contributed by atoms with van der Waals surface area (Å²) < 4.78 is 4.76. The average Bonchev–Trinajstić information content (AvgIpc) is 3.93. The molecule has 2 amide bonds. The lowest BCUT2D eigenvalue weighted by atomic mass is 9.95. The maximum atomic E-state index is 13.5. The monoisotopic (exact) mass is 644 g/mol. The minimum atomic E-state index is -0.660. The zero-order valence-electron chi connectivity index (χ0n) is 28.2. The summed E-state index contributed by atoms with van der Waals surface area (Å²) in [6, 6.07) is 21.6. The summed E-state index contributed by atoms with van der Waals surface area (Å²) in [4.78, 5) is 42.7. The Balaban J connectivity index is 1.04. The number of fused-ring (bicyclic) bond motifs is 1. The third-order valence-electron chi connectivity index (χ3n) is 10.2. The number of hydrogen-bond acceptors (Lipinski definition) is 6. The second kappa shape index (κ2) is 13.4. The van der Waals surface area contributed by atoms with Crippen LogP contribution in [0.3, 0.4) is 0 Å². The predicted octanol–water partition coefficient (Wildman–Crippen LogP) is 7.22. The SMILES string of the molecule is COC(=O)N[C@H](C(=O)N1CCC[C@H]1c1ncc(-c2ccc3cc(-c4ccc(C5=CN=C([C@@H]6CCCN6C)C5)cc4)ccc3c2)[nH]1)C(C)C. The summed E-state index contributed by atoms with van der Waals surface area (Å²) >= 11 is 0. The Hall–Kier alpha value is -4.76. The van der Waals surface area contributed by atoms with Crippen LogP contribution in [0.25, 0.3) is 38.7 Å². The second-order valence-corrected chi connectivity index (χ2v) is 13.7. The number of amides is 2. The number of alkyl carbamates (subject to hydrolysis) is 1. The van der Waals surface area contributed by atoms with Gasteiger partial charge in [0.2, 0.25) is 5.91 Å². The number of likely N-dealkylation sites (tertiary alicyclic amines) is 2. The number of benzene rings is 3. The van der Waals surface area contributed by atoms with Gasteiger partial charge in [-0.15, -0.1) is 0 Å². The van der Waals surface area contributed by atoms with Crippen molar-refractivity contribution in [2.75, 3.05) is 27.2 Å². The van der Waals surface area contributed by atoms with E-state index in [1.165, 1.54) is 53.3 Å². The number of methoxy groups -OCH3 is 1. The van der Waals surface area contributed by atoms with Crippen molar-refractivity contribution in [3.05, 3.63) is 84.4 Å². The highest BCUT2D eigenvalue weighted by molar-refractivity contribution is 6.01. The maximum Gasteiger partial charge on any atom is 0.407 e. The lowest BCUT2D eigenvalue weighted by molar-refractivity contribution is -0.135. The molecule has 3 aliphatic rings. The van der Waals surface area contributed by atoms with Gasteiger partial charge in [0.25, 0.3) is 0 Å². The van der Waals surface area contributed by atoms with Gasteiger partial charge in [0.05, 0.1) is 25.0 Å². The van der Waals surface area contributed by atoms with Gasteiger partial charge < -0.3 is 19.9 Å². The molecule has 9 heteroatoms. The Kier molecular flexibility index (Phi) is 8.88. The third-order valence-corrected chi connectivity index (χ3v) is 10.2. The molecule has 0 bridgehead atoms. The molecule has 0 saturated carbocycles. The number of carbonyl (C=O) groups is 2. The summed E-state index contributed by atoms with van der Waals surface area (Å²) in [5, 5.41) is 5.03. The molecule has 0 aliphatic carbocycles. The van der Waals surface area contributed by atoms with Crippen molar-refractivity contribution in [1.29, 1.82) is 0 Å². The molecule has 3 aromatic carbocycles. The first-order valence-electron chi connectivity index (χ1n) is 17.1. The quantitative estimate of drug-likeness (QED) is 0.211. The van der Waals surface area contributed by atoms with Gasteiger partial charge in [0, 0.05) is 36.5 Å². The van der Waals surface area contributed by atoms with Gasteiger partial charge in [0.15, 0.2) is 0 Å². The standard InChI is InChI=1S/C39H44N6O3/c1-24(2)36(43-39(47)48-4)38(46)45-18-6-8-35(45)37-41-23-33(42-37)30-16-15-28-19-27(13-14-29(28)20-30)25-9-11-26(12-10-25)31-21-32(40-22-31)34-7-5-17-44(34)3/h9-16,19-20,22-24,34-36H,5-8,17-18,21H2,1-4H3,(H,41,42)(H,43,47)/t34-,35-,36-/m0/s1. The number of hydrogen-bond donors (Lipinski definition) is 2. The molecule has 0 unspecified atom stereocenters. The van der Waals surface area contributed by atoms with Crippen LogP contribution < -0.4 is 5.32 Å². The molecule has 4 heterocycles. The summed E-state index contributed by atoms with van der Waals surface area (Å²) in [6.07, 6.45) is 8.39. The molecule has 0 spiro atoms. The Bertz CT molecular complexity index is 1890. The lowest BCUT2D eigenvalue weighted by Gasteiger charge is -2.30. The van der Waals surface area contributed by atoms with Crippen molar-refractivity contribution < 1.29 is 14.3 Å². The molecule has 248 valence electrons. The minimum absolute atomic E-state index is 0.0793. The molecular weight excluding hydrogens is 600 g/mol. The van der Waals surface area contributed by atoms with Gasteiger partial charge in [-0.2, -0.15) is 0 Å². The van der Waals surface area contributed by atoms with E-state index in [4.69, 9.17) is 14.7 Å². The van der Waals surface area contributed by atoms with Gasteiger partial charge in [-0.1, -0.05) is 62.4 Å². The Morgan fingerprint density at radius 1 is 0.896 bits per heavy atom. The molecule has 2 fully saturated rings. The van der Waals surface area contributed by atoms with Crippen molar-refractivity contribution in [3.63, 3.8) is 0 Å². The zero-order valence-corrected chi connectivity index (χ0v) is 28.2. The number of nitrogens with zero attached hydrogens (tertiary/aromatic N) is 4. The minimum Gasteiger partial charge on any atom is -0.453 e. The number of aromatic nitrogens is 2. The Morgan fingerprint density at radius 3 is 2.27 bits per heavy atom. The van der Waals surface area contributed by atoms with Crippen LogP contribution in [0.5, 0.6) is 0 Å². The van der Waals surface area contributed by atoms with Gasteiger partial charge in [0.1, 0.15) is 11.9 Å². The van der Waals surface area contributed by atoms with Crippen LogP contribution in [0.4, 0.5) is 4.79 Å². The van der Waals surface area contributed by atoms with Crippen LogP contribution in [-0.2, 0) is 9.53 Å². The number of aromatic amines is 1. The summed E-state index contributed by atoms with van der Waals surface area (Å²) in [5.41, 5.74) is 8.16. The first-order valence-corrected chi connectivity index (χ1v) is 17.1. The van der Waals surface area contributed by atoms with E-state index in [1.807, 2.05) is 24.9 Å². The van der Waals surface area contributed by atoms with Crippen LogP contribution in [-0.4, -0.2) is 76.8 Å². The van der Waals surface area contributed by atoms with E-state index >= 15 is 0 Å². The fraction of sp³-hybridized carbons (Fsp3) is 0.385. The van der Waals surface area contributed by atoms with Crippen molar-refractivity contribution in [3.8, 4) is 22.4 Å². The molecule has 4 aromatic rings. The van der Waals surface area contributed by atoms with Gasteiger partial charge >= 0.3 is 6.09 Å². The van der Waals surface area contributed by atoms with E-state index in [9.17, 15) is 9.59 Å². The molecule has 1 aromatic heterocycles. The molecule has 48 heavy (non-hydrogen) atoms. The van der Waals surface area contributed by atoms with Crippen molar-refractivity contribution in [2.24, 2.45) is 10.9 Å². The molecular formula is C39H44N6O3. The highest BCUT2D eigenvalue weighted by Gasteiger charge is 2.37. The fourth-order valence-corrected chi connectivity index (χ4v) is 7.47. The summed E-state index contributed by atoms with van der Waals surface area (Å²) in [5.74, 6) is 0.569. The van der Waals surface area contributed by atoms with Crippen LogP contribution in [0, 0.1) is 5.92 Å². The molecule has 7 rings (SSSR count). The first kappa shape index (κ1) is 31.8. The summed E-state index contributed by atoms with van der Waals surface area (Å²) in [7, 11) is 3.51. The highest BCUT2D eigenvalue weighted by atomic mass is 16.5. The van der Waals surface area contributed by atoms with E-state index in [-0.39, 0.29) is 17.9 Å². The van der Waals surface area contributed by atoms with E-state index in [0.29, 0.717) is 12.6 Å². The molecule has 2 N–H and O–H groups in total. The van der Waals surface area contributed by atoms with E-state index in [1.54, 1.807) is 0 Å². The molecule has 3 atom stereocenters. The van der Waals surface area contributed by atoms with Crippen molar-refractivity contribution in [1.82, 2.24) is 25.1 Å². The van der Waals surface area contributed by atoms with E-state index in [2.05, 4.69) is 89.1 Å². The Morgan fingerprint density at radius 2 is 1.56 bits per heavy atom. The Labute approximate surface area is 282 Å². The summed E-state index contributed by atoms with van der Waals surface area (Å²) in [6.45, 7) is 5.62. The topological polar surface area (TPSA) is 103 Å². The number of carbonyl (C=O) groups excluding carboxylic acids is 2.